The molecule has 4 aromatic rings. The van der Waals surface area contributed by atoms with Crippen LogP contribution in [0.4, 0.5) is 17.6 Å². The van der Waals surface area contributed by atoms with Gasteiger partial charge in [0.05, 0.1) is 24.0 Å². The summed E-state index contributed by atoms with van der Waals surface area (Å²) >= 11 is 0. The maximum absolute atomic E-state index is 4.66. The molecule has 9 heteroatoms. The number of H-pyrrole nitrogens is 1. The highest BCUT2D eigenvalue weighted by molar-refractivity contribution is 5.79. The number of rotatable bonds is 4. The van der Waals surface area contributed by atoms with E-state index in [9.17, 15) is 0 Å². The summed E-state index contributed by atoms with van der Waals surface area (Å²) in [7, 11) is 0. The maximum Gasteiger partial charge on any atom is 0.227 e. The Morgan fingerprint density at radius 2 is 2.04 bits per heavy atom. The average Bonchev–Trinajstić information content (AvgIpc) is 3.33. The van der Waals surface area contributed by atoms with E-state index in [2.05, 4.69) is 58.8 Å². The number of aryl methyl sites for hydroxylation is 1. The molecule has 5 rings (SSSR count). The minimum atomic E-state index is 0.326. The average molecular weight is 375 g/mol. The third-order valence-corrected chi connectivity index (χ3v) is 4.96. The van der Waals surface area contributed by atoms with Crippen molar-refractivity contribution in [2.45, 2.75) is 39.9 Å². The Morgan fingerprint density at radius 3 is 2.86 bits per heavy atom. The first-order valence-corrected chi connectivity index (χ1v) is 9.29. The van der Waals surface area contributed by atoms with Crippen LogP contribution in [0, 0.1) is 6.92 Å². The molecule has 4 aromatic heterocycles. The molecule has 2 N–H and O–H groups in total. The second kappa shape index (κ2) is 6.29. The number of hydrogen-bond donors (Lipinski definition) is 2. The second-order valence-corrected chi connectivity index (χ2v) is 7.26. The highest BCUT2D eigenvalue weighted by atomic mass is 15.3. The summed E-state index contributed by atoms with van der Waals surface area (Å²) in [5.41, 5.74) is 4.19. The van der Waals surface area contributed by atoms with E-state index in [1.165, 1.54) is 5.56 Å². The molecule has 0 radical (unpaired) electrons. The number of aromatic amines is 1. The lowest BCUT2D eigenvalue weighted by atomic mass is 10.3. The molecule has 5 heterocycles. The van der Waals surface area contributed by atoms with Crippen LogP contribution in [0.15, 0.2) is 30.7 Å². The second-order valence-electron chi connectivity index (χ2n) is 7.26. The summed E-state index contributed by atoms with van der Waals surface area (Å²) in [6.07, 6.45) is 5.48. The number of anilines is 3. The molecule has 1 aliphatic rings. The van der Waals surface area contributed by atoms with Crippen molar-refractivity contribution in [2.75, 3.05) is 10.2 Å². The number of fused-ring (bicyclic) bond motifs is 2. The van der Waals surface area contributed by atoms with Crippen molar-refractivity contribution >= 4 is 28.6 Å². The van der Waals surface area contributed by atoms with E-state index in [0.717, 1.165) is 34.9 Å². The first-order chi connectivity index (χ1) is 13.6. The van der Waals surface area contributed by atoms with Crippen molar-refractivity contribution in [1.29, 1.82) is 0 Å². The van der Waals surface area contributed by atoms with Gasteiger partial charge >= 0.3 is 0 Å². The predicted octanol–water partition coefficient (Wildman–Crippen LogP) is 3.10. The number of nitrogens with zero attached hydrogens (tertiary/aromatic N) is 7. The number of imidazole rings is 1. The number of nitrogens with one attached hydrogen (secondary N) is 2. The molecular formula is C19H21N9. The van der Waals surface area contributed by atoms with Crippen LogP contribution in [0.25, 0.3) is 11.0 Å². The molecule has 0 unspecified atom stereocenters. The van der Waals surface area contributed by atoms with E-state index < -0.39 is 0 Å². The van der Waals surface area contributed by atoms with Gasteiger partial charge in [0, 0.05) is 36.6 Å². The van der Waals surface area contributed by atoms with Gasteiger partial charge in [0.25, 0.3) is 0 Å². The molecular weight excluding hydrogens is 354 g/mol. The zero-order valence-corrected chi connectivity index (χ0v) is 16.0. The summed E-state index contributed by atoms with van der Waals surface area (Å²) in [5, 5.41) is 10.5. The lowest BCUT2D eigenvalue weighted by molar-refractivity contribution is 0.600. The first kappa shape index (κ1) is 16.7. The number of pyridine rings is 1. The SMILES string of the molecule is Cc1nc2cnc(Nc3ccnc(N4Cc5c[nH]nc5C4)n3)cc2n1C(C)C. The van der Waals surface area contributed by atoms with Crippen LogP contribution >= 0.6 is 0 Å². The van der Waals surface area contributed by atoms with Crippen molar-refractivity contribution < 1.29 is 0 Å². The Balaban J connectivity index is 1.42. The Labute approximate surface area is 161 Å². The molecule has 0 saturated carbocycles. The van der Waals surface area contributed by atoms with E-state index >= 15 is 0 Å². The van der Waals surface area contributed by atoms with Crippen LogP contribution in [0.2, 0.25) is 0 Å². The summed E-state index contributed by atoms with van der Waals surface area (Å²) in [5.74, 6) is 3.09. The normalized spacial score (nSPS) is 13.5. The van der Waals surface area contributed by atoms with Gasteiger partial charge in [-0.3, -0.25) is 5.10 Å². The zero-order valence-electron chi connectivity index (χ0n) is 16.0. The van der Waals surface area contributed by atoms with Crippen molar-refractivity contribution in [1.82, 2.24) is 34.7 Å². The summed E-state index contributed by atoms with van der Waals surface area (Å²) in [6.45, 7) is 7.79. The molecule has 1 aliphatic heterocycles. The van der Waals surface area contributed by atoms with Gasteiger partial charge in [0.1, 0.15) is 23.0 Å². The van der Waals surface area contributed by atoms with Crippen LogP contribution < -0.4 is 10.2 Å². The topological polar surface area (TPSA) is 100 Å². The minimum Gasteiger partial charge on any atom is -0.330 e. The lowest BCUT2D eigenvalue weighted by Crippen LogP contribution is -2.18. The number of hydrogen-bond acceptors (Lipinski definition) is 7. The molecule has 0 atom stereocenters. The Kier molecular flexibility index (Phi) is 3.75. The predicted molar refractivity (Wildman–Crippen MR) is 106 cm³/mol. The van der Waals surface area contributed by atoms with E-state index in [4.69, 9.17) is 0 Å². The first-order valence-electron chi connectivity index (χ1n) is 9.29. The van der Waals surface area contributed by atoms with Crippen LogP contribution in [-0.4, -0.2) is 34.7 Å². The van der Waals surface area contributed by atoms with Gasteiger partial charge in [-0.15, -0.1) is 0 Å². The lowest BCUT2D eigenvalue weighted by Gasteiger charge is -2.16. The fourth-order valence-electron chi connectivity index (χ4n) is 3.74. The van der Waals surface area contributed by atoms with Gasteiger partial charge in [-0.25, -0.2) is 15.0 Å². The van der Waals surface area contributed by atoms with Crippen molar-refractivity contribution in [3.63, 3.8) is 0 Å². The van der Waals surface area contributed by atoms with Crippen LogP contribution in [0.3, 0.4) is 0 Å². The van der Waals surface area contributed by atoms with E-state index in [1.807, 2.05) is 25.3 Å². The molecule has 0 bridgehead atoms. The summed E-state index contributed by atoms with van der Waals surface area (Å²) < 4.78 is 2.21. The largest absolute Gasteiger partial charge is 0.330 e. The van der Waals surface area contributed by atoms with Gasteiger partial charge in [0.15, 0.2) is 0 Å². The van der Waals surface area contributed by atoms with Crippen molar-refractivity contribution in [3.8, 4) is 0 Å². The molecule has 9 nitrogen and oxygen atoms in total. The van der Waals surface area contributed by atoms with Crippen LogP contribution in [0.1, 0.15) is 37.0 Å². The van der Waals surface area contributed by atoms with Gasteiger partial charge in [-0.1, -0.05) is 0 Å². The monoisotopic (exact) mass is 375 g/mol. The van der Waals surface area contributed by atoms with Crippen molar-refractivity contribution in [2.24, 2.45) is 0 Å². The fraction of sp³-hybridized carbons (Fsp3) is 0.316. The van der Waals surface area contributed by atoms with Crippen molar-refractivity contribution in [3.05, 3.63) is 47.8 Å². The quantitative estimate of drug-likeness (QED) is 0.565. The van der Waals surface area contributed by atoms with Gasteiger partial charge in [-0.05, 0) is 26.8 Å². The third kappa shape index (κ3) is 2.75. The molecule has 0 spiro atoms. The molecule has 142 valence electrons. The standard InChI is InChI=1S/C19H21N9/c1-11(2)28-12(3)23-14-8-21-18(6-16(14)28)24-17-4-5-20-19(25-17)27-9-13-7-22-26-15(13)10-27/h4-8,11H,9-10H2,1-3H3,(H,22,26)(H,20,21,24,25). The third-order valence-electron chi connectivity index (χ3n) is 4.96. The van der Waals surface area contributed by atoms with Gasteiger partial charge in [-0.2, -0.15) is 10.1 Å². The highest BCUT2D eigenvalue weighted by Crippen LogP contribution is 2.26. The zero-order chi connectivity index (χ0) is 19.3. The van der Waals surface area contributed by atoms with Crippen LogP contribution in [-0.2, 0) is 13.1 Å². The molecule has 0 aliphatic carbocycles. The Bertz CT molecular complexity index is 1140. The van der Waals surface area contributed by atoms with E-state index in [1.54, 1.807) is 12.4 Å². The Morgan fingerprint density at radius 1 is 1.14 bits per heavy atom. The van der Waals surface area contributed by atoms with Gasteiger partial charge in [0.2, 0.25) is 5.95 Å². The highest BCUT2D eigenvalue weighted by Gasteiger charge is 2.23. The summed E-state index contributed by atoms with van der Waals surface area (Å²) in [6, 6.07) is 4.19. The Hall–Kier alpha value is -3.49. The maximum atomic E-state index is 4.66. The fourth-order valence-corrected chi connectivity index (χ4v) is 3.74. The van der Waals surface area contributed by atoms with Gasteiger partial charge < -0.3 is 14.8 Å². The minimum absolute atomic E-state index is 0.326. The van der Waals surface area contributed by atoms with Crippen LogP contribution in [0.5, 0.6) is 0 Å². The van der Waals surface area contributed by atoms with E-state index in [0.29, 0.717) is 24.4 Å². The number of aromatic nitrogens is 7. The summed E-state index contributed by atoms with van der Waals surface area (Å²) in [4.78, 5) is 20.3. The molecule has 28 heavy (non-hydrogen) atoms. The molecule has 0 amide bonds. The molecule has 0 fully saturated rings. The molecule has 0 saturated heterocycles. The molecule has 0 aromatic carbocycles. The smallest absolute Gasteiger partial charge is 0.227 e. The van der Waals surface area contributed by atoms with E-state index in [-0.39, 0.29) is 0 Å².